The summed E-state index contributed by atoms with van der Waals surface area (Å²) < 4.78 is 3.45. The summed E-state index contributed by atoms with van der Waals surface area (Å²) in [6.07, 6.45) is 0. The number of aromatic nitrogens is 2. The highest BCUT2D eigenvalue weighted by molar-refractivity contribution is 7.80. The molecule has 0 aliphatic heterocycles. The molecular weight excluding hydrogens is 192 g/mol. The lowest BCUT2D eigenvalue weighted by atomic mass is 10.4. The second kappa shape index (κ2) is 3.06. The molecule has 1 heterocycles. The van der Waals surface area contributed by atoms with Crippen molar-refractivity contribution in [3.63, 3.8) is 0 Å². The summed E-state index contributed by atoms with van der Waals surface area (Å²) >= 11 is 9.21. The van der Waals surface area contributed by atoms with E-state index in [-0.39, 0.29) is 5.69 Å². The average molecular weight is 202 g/mol. The van der Waals surface area contributed by atoms with Crippen LogP contribution in [0, 0.1) is 11.6 Å². The molecule has 0 N–H and O–H groups in total. The Morgan fingerprint density at radius 1 is 1.33 bits per heavy atom. The van der Waals surface area contributed by atoms with Gasteiger partial charge >= 0.3 is 5.69 Å². The van der Waals surface area contributed by atoms with Gasteiger partial charge in [-0.05, 0) is 6.92 Å². The van der Waals surface area contributed by atoms with Crippen LogP contribution in [0.2, 0.25) is 0 Å². The first kappa shape index (κ1) is 9.54. The van der Waals surface area contributed by atoms with E-state index in [0.29, 0.717) is 9.67 Å². The van der Waals surface area contributed by atoms with Crippen molar-refractivity contribution in [3.05, 3.63) is 20.7 Å². The third-order valence-electron chi connectivity index (χ3n) is 1.85. The normalized spacial score (nSPS) is 10.3. The fraction of sp³-hybridized carbons (Fsp3) is 0.429. The van der Waals surface area contributed by atoms with E-state index in [1.165, 1.54) is 9.13 Å². The van der Waals surface area contributed by atoms with Gasteiger partial charge in [0.1, 0.15) is 4.64 Å². The minimum Gasteiger partial charge on any atom is -0.291 e. The van der Waals surface area contributed by atoms with Gasteiger partial charge in [-0.3, -0.25) is 9.13 Å². The zero-order valence-electron chi connectivity index (χ0n) is 7.16. The second-order valence-corrected chi connectivity index (χ2v) is 3.46. The van der Waals surface area contributed by atoms with Crippen molar-refractivity contribution in [2.24, 2.45) is 14.1 Å². The third kappa shape index (κ3) is 1.23. The van der Waals surface area contributed by atoms with Crippen LogP contribution in [0.5, 0.6) is 0 Å². The van der Waals surface area contributed by atoms with Gasteiger partial charge in [0.15, 0.2) is 0 Å². The molecule has 0 aromatic carbocycles. The maximum atomic E-state index is 11.4. The van der Waals surface area contributed by atoms with Crippen molar-refractivity contribution in [2.45, 2.75) is 11.9 Å². The van der Waals surface area contributed by atoms with Gasteiger partial charge in [0.2, 0.25) is 0 Å². The second-order valence-electron chi connectivity index (χ2n) is 2.65. The summed E-state index contributed by atoms with van der Waals surface area (Å²) in [6, 6.07) is 0. The predicted octanol–water partition coefficient (Wildman–Crippen LogP) is 1.05. The van der Waals surface area contributed by atoms with Gasteiger partial charge in [0.25, 0.3) is 0 Å². The van der Waals surface area contributed by atoms with Crippen LogP contribution in [0.1, 0.15) is 5.56 Å². The summed E-state index contributed by atoms with van der Waals surface area (Å²) in [4.78, 5) is 11.4. The zero-order valence-corrected chi connectivity index (χ0v) is 8.87. The van der Waals surface area contributed by atoms with Crippen molar-refractivity contribution in [3.8, 4) is 0 Å². The van der Waals surface area contributed by atoms with Crippen LogP contribution >= 0.6 is 24.8 Å². The first-order valence-corrected chi connectivity index (χ1v) is 4.28. The Labute approximate surface area is 81.1 Å². The largest absolute Gasteiger partial charge is 0.329 e. The Morgan fingerprint density at radius 3 is 2.33 bits per heavy atom. The van der Waals surface area contributed by atoms with E-state index in [1.54, 1.807) is 14.1 Å². The van der Waals surface area contributed by atoms with Gasteiger partial charge in [-0.1, -0.05) is 12.2 Å². The summed E-state index contributed by atoms with van der Waals surface area (Å²) in [6.45, 7) is 1.85. The van der Waals surface area contributed by atoms with Crippen LogP contribution in [-0.4, -0.2) is 9.13 Å². The minimum absolute atomic E-state index is 0.143. The standard InChI is InChI=1S/C7H10N2OS2/c1-4-5(11)8(2)7(10)9(3)6(4)12/h11H,1-3H3. The molecule has 0 aliphatic carbocycles. The molecule has 0 radical (unpaired) electrons. The molecule has 12 heavy (non-hydrogen) atoms. The van der Waals surface area contributed by atoms with E-state index in [4.69, 9.17) is 12.2 Å². The summed E-state index contributed by atoms with van der Waals surface area (Å²) in [5, 5.41) is 0.628. The Kier molecular flexibility index (Phi) is 2.44. The van der Waals surface area contributed by atoms with E-state index >= 15 is 0 Å². The number of nitrogens with zero attached hydrogens (tertiary/aromatic N) is 2. The van der Waals surface area contributed by atoms with Crippen molar-refractivity contribution in [2.75, 3.05) is 0 Å². The molecule has 0 fully saturated rings. The van der Waals surface area contributed by atoms with Crippen molar-refractivity contribution in [1.29, 1.82) is 0 Å². The number of hydrogen-bond donors (Lipinski definition) is 1. The Bertz CT molecular complexity index is 393. The smallest absolute Gasteiger partial charge is 0.291 e. The lowest BCUT2D eigenvalue weighted by Crippen LogP contribution is -2.29. The molecule has 66 valence electrons. The lowest BCUT2D eigenvalue weighted by molar-refractivity contribution is 0.637. The van der Waals surface area contributed by atoms with Crippen LogP contribution in [-0.2, 0) is 14.1 Å². The van der Waals surface area contributed by atoms with E-state index in [1.807, 2.05) is 6.92 Å². The molecule has 0 spiro atoms. The molecule has 0 amide bonds. The molecule has 0 unspecified atom stereocenters. The van der Waals surface area contributed by atoms with Crippen LogP contribution in [0.25, 0.3) is 0 Å². The molecule has 5 heteroatoms. The highest BCUT2D eigenvalue weighted by Crippen LogP contribution is 2.09. The molecule has 0 aliphatic rings. The minimum atomic E-state index is -0.143. The summed E-state index contributed by atoms with van der Waals surface area (Å²) in [5.41, 5.74) is 0.716. The summed E-state index contributed by atoms with van der Waals surface area (Å²) in [7, 11) is 3.33. The van der Waals surface area contributed by atoms with Crippen LogP contribution < -0.4 is 5.69 Å². The van der Waals surface area contributed by atoms with E-state index < -0.39 is 0 Å². The fourth-order valence-corrected chi connectivity index (χ4v) is 1.44. The molecule has 1 rings (SSSR count). The van der Waals surface area contributed by atoms with E-state index in [2.05, 4.69) is 12.6 Å². The predicted molar refractivity (Wildman–Crippen MR) is 53.5 cm³/mol. The van der Waals surface area contributed by atoms with E-state index in [0.717, 1.165) is 5.56 Å². The average Bonchev–Trinajstić information content (AvgIpc) is 2.08. The number of hydrogen-bond acceptors (Lipinski definition) is 3. The molecule has 3 nitrogen and oxygen atoms in total. The topological polar surface area (TPSA) is 26.9 Å². The lowest BCUT2D eigenvalue weighted by Gasteiger charge is -2.08. The third-order valence-corrected chi connectivity index (χ3v) is 3.07. The van der Waals surface area contributed by atoms with Gasteiger partial charge in [-0.25, -0.2) is 4.79 Å². The Hall–Kier alpha value is -0.550. The SMILES string of the molecule is Cc1c(S)n(C)c(=O)n(C)c1=S. The highest BCUT2D eigenvalue weighted by Gasteiger charge is 2.04. The zero-order chi connectivity index (χ0) is 9.46. The quantitative estimate of drug-likeness (QED) is 0.387. The van der Waals surface area contributed by atoms with Crippen LogP contribution in [0.15, 0.2) is 9.82 Å². The fourth-order valence-electron chi connectivity index (χ4n) is 1.00. The monoisotopic (exact) mass is 202 g/mol. The van der Waals surface area contributed by atoms with Crippen molar-refractivity contribution in [1.82, 2.24) is 9.13 Å². The van der Waals surface area contributed by atoms with Gasteiger partial charge in [0, 0.05) is 19.7 Å². The number of thiol groups is 1. The van der Waals surface area contributed by atoms with Gasteiger partial charge in [0.05, 0.1) is 5.03 Å². The number of rotatable bonds is 0. The first-order chi connectivity index (χ1) is 5.46. The van der Waals surface area contributed by atoms with Gasteiger partial charge < -0.3 is 0 Å². The molecule has 0 saturated carbocycles. The first-order valence-electron chi connectivity index (χ1n) is 3.42. The maximum absolute atomic E-state index is 11.4. The molecule has 1 aromatic rings. The maximum Gasteiger partial charge on any atom is 0.329 e. The molecule has 0 bridgehead atoms. The van der Waals surface area contributed by atoms with Crippen molar-refractivity contribution >= 4 is 24.8 Å². The van der Waals surface area contributed by atoms with Gasteiger partial charge in [-0.15, -0.1) is 12.6 Å². The molecule has 0 saturated heterocycles. The van der Waals surface area contributed by atoms with Crippen molar-refractivity contribution < 1.29 is 0 Å². The Balaban J connectivity index is 3.86. The summed E-state index contributed by atoms with van der Waals surface area (Å²) in [5.74, 6) is 0. The highest BCUT2D eigenvalue weighted by atomic mass is 32.1. The van der Waals surface area contributed by atoms with E-state index in [9.17, 15) is 4.79 Å². The Morgan fingerprint density at radius 2 is 1.83 bits per heavy atom. The van der Waals surface area contributed by atoms with Gasteiger partial charge in [-0.2, -0.15) is 0 Å². The molecule has 0 atom stereocenters. The van der Waals surface area contributed by atoms with Crippen LogP contribution in [0.3, 0.4) is 0 Å². The molecular formula is C7H10N2OS2. The molecule has 1 aromatic heterocycles. The van der Waals surface area contributed by atoms with Crippen LogP contribution in [0.4, 0.5) is 0 Å².